The van der Waals surface area contributed by atoms with Crippen LogP contribution in [0.25, 0.3) is 11.0 Å². The maximum absolute atomic E-state index is 10.7. The highest BCUT2D eigenvalue weighted by Gasteiger charge is 2.02. The molecule has 2 aromatic rings. The molecule has 0 saturated carbocycles. The van der Waals surface area contributed by atoms with E-state index in [-0.39, 0.29) is 12.5 Å². The zero-order valence-electron chi connectivity index (χ0n) is 6.97. The molecule has 2 aromatic heterocycles. The van der Waals surface area contributed by atoms with Gasteiger partial charge in [0.05, 0.1) is 11.0 Å². The van der Waals surface area contributed by atoms with Crippen LogP contribution in [0.15, 0.2) is 30.6 Å². The highest BCUT2D eigenvalue weighted by atomic mass is 16.1. The predicted octanol–water partition coefficient (Wildman–Crippen LogP) is 0.522. The van der Waals surface area contributed by atoms with Gasteiger partial charge in [0.1, 0.15) is 6.54 Å². The van der Waals surface area contributed by atoms with Crippen molar-refractivity contribution >= 4 is 16.9 Å². The van der Waals surface area contributed by atoms with Gasteiger partial charge in [-0.05, 0) is 18.2 Å². The van der Waals surface area contributed by atoms with Crippen LogP contribution in [0.2, 0.25) is 0 Å². The summed E-state index contributed by atoms with van der Waals surface area (Å²) in [5.41, 5.74) is 6.90. The van der Waals surface area contributed by atoms with Crippen molar-refractivity contribution in [1.82, 2.24) is 9.55 Å². The van der Waals surface area contributed by atoms with Crippen molar-refractivity contribution in [3.05, 3.63) is 30.6 Å². The summed E-state index contributed by atoms with van der Waals surface area (Å²) in [4.78, 5) is 14.8. The highest BCUT2D eigenvalue weighted by molar-refractivity contribution is 5.79. The van der Waals surface area contributed by atoms with Gasteiger partial charge < -0.3 is 10.3 Å². The van der Waals surface area contributed by atoms with Crippen LogP contribution in [0, 0.1) is 0 Å². The Labute approximate surface area is 75.0 Å². The summed E-state index contributed by atoms with van der Waals surface area (Å²) >= 11 is 0. The maximum atomic E-state index is 10.7. The van der Waals surface area contributed by atoms with Crippen LogP contribution >= 0.6 is 0 Å². The molecular weight excluding hydrogens is 166 g/mol. The van der Waals surface area contributed by atoms with Gasteiger partial charge in [0.2, 0.25) is 5.91 Å². The first kappa shape index (κ1) is 7.79. The largest absolute Gasteiger partial charge is 0.368 e. The number of primary amides is 1. The van der Waals surface area contributed by atoms with Crippen LogP contribution in [0.3, 0.4) is 0 Å². The average Bonchev–Trinajstić information content (AvgIpc) is 2.48. The maximum Gasteiger partial charge on any atom is 0.237 e. The molecular formula is C9H9N3O. The molecule has 0 aromatic carbocycles. The molecule has 4 nitrogen and oxygen atoms in total. The van der Waals surface area contributed by atoms with Gasteiger partial charge in [-0.1, -0.05) is 0 Å². The van der Waals surface area contributed by atoms with E-state index in [1.807, 2.05) is 24.4 Å². The third-order valence-electron chi connectivity index (χ3n) is 1.86. The van der Waals surface area contributed by atoms with E-state index in [1.165, 1.54) is 0 Å². The van der Waals surface area contributed by atoms with Crippen LogP contribution in [-0.4, -0.2) is 15.5 Å². The fraction of sp³-hybridized carbons (Fsp3) is 0.111. The number of hydrogen-bond donors (Lipinski definition) is 1. The fourth-order valence-corrected chi connectivity index (χ4v) is 1.33. The molecule has 2 heterocycles. The lowest BCUT2D eigenvalue weighted by atomic mass is 10.4. The van der Waals surface area contributed by atoms with Gasteiger partial charge in [-0.15, -0.1) is 0 Å². The summed E-state index contributed by atoms with van der Waals surface area (Å²) in [5, 5.41) is 0. The standard InChI is InChI=1S/C9H9N3O/c10-9(13)6-12-5-3-7-8(12)2-1-4-11-7/h1-5H,6H2,(H2,10,13). The second kappa shape index (κ2) is 2.90. The first-order valence-electron chi connectivity index (χ1n) is 3.95. The molecule has 4 heteroatoms. The van der Waals surface area contributed by atoms with Crippen LogP contribution in [0.1, 0.15) is 0 Å². The van der Waals surface area contributed by atoms with E-state index in [2.05, 4.69) is 4.98 Å². The molecule has 0 aliphatic rings. The summed E-state index contributed by atoms with van der Waals surface area (Å²) in [7, 11) is 0. The van der Waals surface area contributed by atoms with E-state index in [0.717, 1.165) is 11.0 Å². The summed E-state index contributed by atoms with van der Waals surface area (Å²) in [6.45, 7) is 0.204. The number of carbonyl (C=O) groups excluding carboxylic acids is 1. The molecule has 66 valence electrons. The quantitative estimate of drug-likeness (QED) is 0.723. The number of aromatic nitrogens is 2. The molecule has 0 atom stereocenters. The van der Waals surface area contributed by atoms with Gasteiger partial charge in [0.25, 0.3) is 0 Å². The van der Waals surface area contributed by atoms with Crippen molar-refractivity contribution in [2.45, 2.75) is 6.54 Å². The van der Waals surface area contributed by atoms with Gasteiger partial charge >= 0.3 is 0 Å². The Balaban J connectivity index is 2.51. The van der Waals surface area contributed by atoms with Crippen molar-refractivity contribution < 1.29 is 4.79 Å². The van der Waals surface area contributed by atoms with Crippen molar-refractivity contribution in [1.29, 1.82) is 0 Å². The SMILES string of the molecule is NC(=O)Cn1ccc2ncccc21. The van der Waals surface area contributed by atoms with Gasteiger partial charge in [-0.2, -0.15) is 0 Å². The number of rotatable bonds is 2. The van der Waals surface area contributed by atoms with Gasteiger partial charge in [0.15, 0.2) is 0 Å². The third-order valence-corrected chi connectivity index (χ3v) is 1.86. The Morgan fingerprint density at radius 3 is 3.15 bits per heavy atom. The number of pyridine rings is 1. The van der Waals surface area contributed by atoms with Crippen LogP contribution in [0.5, 0.6) is 0 Å². The minimum Gasteiger partial charge on any atom is -0.368 e. The Bertz CT molecular complexity index is 447. The molecule has 0 bridgehead atoms. The van der Waals surface area contributed by atoms with E-state index in [1.54, 1.807) is 10.8 Å². The van der Waals surface area contributed by atoms with Crippen LogP contribution < -0.4 is 5.73 Å². The number of nitrogens with zero attached hydrogens (tertiary/aromatic N) is 2. The summed E-state index contributed by atoms with van der Waals surface area (Å²) in [6.07, 6.45) is 3.53. The van der Waals surface area contributed by atoms with Crippen molar-refractivity contribution in [3.8, 4) is 0 Å². The van der Waals surface area contributed by atoms with E-state index < -0.39 is 0 Å². The van der Waals surface area contributed by atoms with Crippen molar-refractivity contribution in [2.75, 3.05) is 0 Å². The Kier molecular flexibility index (Phi) is 1.73. The molecule has 2 rings (SSSR count). The van der Waals surface area contributed by atoms with E-state index in [9.17, 15) is 4.79 Å². The zero-order valence-corrected chi connectivity index (χ0v) is 6.97. The monoisotopic (exact) mass is 175 g/mol. The summed E-state index contributed by atoms with van der Waals surface area (Å²) in [5.74, 6) is -0.346. The Hall–Kier alpha value is -1.84. The minimum absolute atomic E-state index is 0.204. The molecule has 0 aliphatic carbocycles. The molecule has 0 spiro atoms. The molecule has 0 radical (unpaired) electrons. The van der Waals surface area contributed by atoms with Gasteiger partial charge in [0, 0.05) is 12.4 Å². The van der Waals surface area contributed by atoms with Crippen molar-refractivity contribution in [3.63, 3.8) is 0 Å². The number of nitrogens with two attached hydrogens (primary N) is 1. The lowest BCUT2D eigenvalue weighted by molar-refractivity contribution is -0.118. The first-order chi connectivity index (χ1) is 6.27. The summed E-state index contributed by atoms with van der Waals surface area (Å²) in [6, 6.07) is 5.60. The number of carbonyl (C=O) groups is 1. The predicted molar refractivity (Wildman–Crippen MR) is 48.9 cm³/mol. The lowest BCUT2D eigenvalue weighted by Crippen LogP contribution is -2.17. The molecule has 0 unspecified atom stereocenters. The highest BCUT2D eigenvalue weighted by Crippen LogP contribution is 2.11. The molecule has 1 amide bonds. The van der Waals surface area contributed by atoms with Crippen LogP contribution in [-0.2, 0) is 11.3 Å². The zero-order chi connectivity index (χ0) is 9.26. The average molecular weight is 175 g/mol. The van der Waals surface area contributed by atoms with Gasteiger partial charge in [-0.25, -0.2) is 0 Å². The Morgan fingerprint density at radius 2 is 2.38 bits per heavy atom. The minimum atomic E-state index is -0.346. The molecule has 0 fully saturated rings. The van der Waals surface area contributed by atoms with Crippen LogP contribution in [0.4, 0.5) is 0 Å². The van der Waals surface area contributed by atoms with E-state index >= 15 is 0 Å². The lowest BCUT2D eigenvalue weighted by Gasteiger charge is -1.99. The molecule has 0 saturated heterocycles. The Morgan fingerprint density at radius 1 is 1.54 bits per heavy atom. The number of fused-ring (bicyclic) bond motifs is 1. The van der Waals surface area contributed by atoms with E-state index in [0.29, 0.717) is 0 Å². The third kappa shape index (κ3) is 1.38. The second-order valence-electron chi connectivity index (χ2n) is 2.82. The first-order valence-corrected chi connectivity index (χ1v) is 3.95. The molecule has 2 N–H and O–H groups in total. The smallest absolute Gasteiger partial charge is 0.237 e. The summed E-state index contributed by atoms with van der Waals surface area (Å²) < 4.78 is 1.78. The normalized spacial score (nSPS) is 10.5. The van der Waals surface area contributed by atoms with Gasteiger partial charge in [-0.3, -0.25) is 9.78 Å². The van der Waals surface area contributed by atoms with E-state index in [4.69, 9.17) is 5.73 Å². The fourth-order valence-electron chi connectivity index (χ4n) is 1.33. The second-order valence-corrected chi connectivity index (χ2v) is 2.82. The molecule has 13 heavy (non-hydrogen) atoms. The number of hydrogen-bond acceptors (Lipinski definition) is 2. The number of amides is 1. The molecule has 0 aliphatic heterocycles. The topological polar surface area (TPSA) is 60.9 Å². The van der Waals surface area contributed by atoms with Crippen molar-refractivity contribution in [2.24, 2.45) is 5.73 Å².